The summed E-state index contributed by atoms with van der Waals surface area (Å²) in [6.07, 6.45) is -3.55. The molecule has 0 bridgehead atoms. The van der Waals surface area contributed by atoms with Crippen molar-refractivity contribution in [1.29, 1.82) is 0 Å². The average Bonchev–Trinajstić information content (AvgIpc) is 2.91. The standard InChI is InChI=1S/C25H23BF5N3O6/c1-39-24(36)19(9-13-4-5-16(26(37)38)22-15(13)3-2-6-32-22)33-23(35)21-17(27)10-14(11-18(21)28)34-7-8-40-12-20(34)25(29,30)31/h2-6,10-11,19-20,37-38H,7-9,12H2,1H3,(H,33,35). The molecule has 15 heteroatoms. The van der Waals surface area contributed by atoms with Crippen molar-refractivity contribution in [2.24, 2.45) is 0 Å². The fourth-order valence-corrected chi connectivity index (χ4v) is 4.55. The molecule has 2 aromatic carbocycles. The number of halogens is 5. The van der Waals surface area contributed by atoms with Crippen LogP contribution in [0.5, 0.6) is 0 Å². The van der Waals surface area contributed by atoms with Crippen LogP contribution in [0.4, 0.5) is 27.6 Å². The smallest absolute Gasteiger partial charge is 0.467 e. The molecule has 2 unspecified atom stereocenters. The van der Waals surface area contributed by atoms with Gasteiger partial charge in [-0.15, -0.1) is 0 Å². The van der Waals surface area contributed by atoms with Crippen molar-refractivity contribution in [3.63, 3.8) is 0 Å². The quantitative estimate of drug-likeness (QED) is 0.223. The molecule has 3 aromatic rings. The number of morpholine rings is 1. The third-order valence-electron chi connectivity index (χ3n) is 6.48. The highest BCUT2D eigenvalue weighted by Crippen LogP contribution is 2.32. The van der Waals surface area contributed by atoms with Crippen molar-refractivity contribution in [1.82, 2.24) is 10.3 Å². The molecular weight excluding hydrogens is 544 g/mol. The van der Waals surface area contributed by atoms with Crippen LogP contribution in [0.2, 0.25) is 0 Å². The minimum atomic E-state index is -4.73. The van der Waals surface area contributed by atoms with Gasteiger partial charge in [-0.05, 0) is 23.8 Å². The number of rotatable bonds is 7. The van der Waals surface area contributed by atoms with Gasteiger partial charge < -0.3 is 29.7 Å². The van der Waals surface area contributed by atoms with Gasteiger partial charge in [0, 0.05) is 35.7 Å². The topological polar surface area (TPSA) is 121 Å². The molecule has 2 atom stereocenters. The number of amides is 1. The molecule has 3 N–H and O–H groups in total. The molecule has 2 heterocycles. The van der Waals surface area contributed by atoms with Crippen LogP contribution < -0.4 is 15.7 Å². The van der Waals surface area contributed by atoms with E-state index in [9.17, 15) is 32.8 Å². The third-order valence-corrected chi connectivity index (χ3v) is 6.48. The zero-order valence-electron chi connectivity index (χ0n) is 20.9. The zero-order valence-corrected chi connectivity index (χ0v) is 20.9. The number of alkyl halides is 3. The molecule has 0 radical (unpaired) electrons. The van der Waals surface area contributed by atoms with E-state index in [2.05, 4.69) is 10.3 Å². The summed E-state index contributed by atoms with van der Waals surface area (Å²) in [6, 6.07) is 3.65. The number of aromatic nitrogens is 1. The molecule has 4 rings (SSSR count). The first-order valence-corrected chi connectivity index (χ1v) is 11.9. The summed E-state index contributed by atoms with van der Waals surface area (Å²) in [5.41, 5.74) is -0.787. The van der Waals surface area contributed by atoms with Crippen LogP contribution in [0.1, 0.15) is 15.9 Å². The maximum absolute atomic E-state index is 15.0. The summed E-state index contributed by atoms with van der Waals surface area (Å²) >= 11 is 0. The Bertz CT molecular complexity index is 1400. The van der Waals surface area contributed by atoms with E-state index < -0.39 is 66.7 Å². The first-order valence-electron chi connectivity index (χ1n) is 11.9. The lowest BCUT2D eigenvalue weighted by molar-refractivity contribution is -0.167. The molecule has 212 valence electrons. The highest BCUT2D eigenvalue weighted by atomic mass is 19.4. The molecule has 1 aliphatic heterocycles. The molecule has 0 spiro atoms. The molecule has 1 fully saturated rings. The van der Waals surface area contributed by atoms with Crippen LogP contribution in [-0.4, -0.2) is 79.2 Å². The second-order valence-corrected chi connectivity index (χ2v) is 8.95. The number of fused-ring (bicyclic) bond motifs is 1. The van der Waals surface area contributed by atoms with Gasteiger partial charge in [-0.25, -0.2) is 13.6 Å². The number of pyridine rings is 1. The molecule has 1 saturated heterocycles. The second kappa shape index (κ2) is 11.7. The highest BCUT2D eigenvalue weighted by Gasteiger charge is 2.46. The Kier molecular flexibility index (Phi) is 8.56. The molecule has 9 nitrogen and oxygen atoms in total. The summed E-state index contributed by atoms with van der Waals surface area (Å²) < 4.78 is 79.9. The number of carbonyl (C=O) groups is 2. The number of methoxy groups -OCH3 is 1. The van der Waals surface area contributed by atoms with Gasteiger partial charge in [0.15, 0.2) is 0 Å². The number of benzene rings is 2. The van der Waals surface area contributed by atoms with E-state index in [1.165, 1.54) is 18.3 Å². The van der Waals surface area contributed by atoms with Crippen LogP contribution >= 0.6 is 0 Å². The summed E-state index contributed by atoms with van der Waals surface area (Å²) in [5.74, 6) is -5.15. The predicted molar refractivity (Wildman–Crippen MR) is 133 cm³/mol. The largest absolute Gasteiger partial charge is 0.490 e. The maximum atomic E-state index is 15.0. The molecule has 0 aliphatic carbocycles. The minimum Gasteiger partial charge on any atom is -0.467 e. The van der Waals surface area contributed by atoms with E-state index >= 15 is 8.78 Å². The van der Waals surface area contributed by atoms with Gasteiger partial charge in [0.05, 0.1) is 25.8 Å². The van der Waals surface area contributed by atoms with Crippen molar-refractivity contribution in [2.75, 3.05) is 31.8 Å². The molecular formula is C25H23BF5N3O6. The zero-order chi connectivity index (χ0) is 29.2. The van der Waals surface area contributed by atoms with Crippen molar-refractivity contribution in [3.8, 4) is 0 Å². The lowest BCUT2D eigenvalue weighted by atomic mass is 9.77. The monoisotopic (exact) mass is 567 g/mol. The Labute approximate surface area is 224 Å². The lowest BCUT2D eigenvalue weighted by Crippen LogP contribution is -2.53. The lowest BCUT2D eigenvalue weighted by Gasteiger charge is -2.38. The van der Waals surface area contributed by atoms with E-state index in [-0.39, 0.29) is 30.6 Å². The van der Waals surface area contributed by atoms with Crippen LogP contribution in [0.15, 0.2) is 42.6 Å². The third kappa shape index (κ3) is 6.00. The van der Waals surface area contributed by atoms with E-state index in [0.717, 1.165) is 12.0 Å². The fraction of sp³-hybridized carbons (Fsp3) is 0.320. The molecule has 0 saturated carbocycles. The van der Waals surface area contributed by atoms with E-state index in [1.54, 1.807) is 12.1 Å². The van der Waals surface area contributed by atoms with Crippen LogP contribution in [0.3, 0.4) is 0 Å². The fourth-order valence-electron chi connectivity index (χ4n) is 4.55. The Morgan fingerprint density at radius 1 is 1.23 bits per heavy atom. The summed E-state index contributed by atoms with van der Waals surface area (Å²) in [6.45, 7) is -1.10. The first-order chi connectivity index (χ1) is 18.9. The SMILES string of the molecule is COC(=O)C(Cc1ccc(B(O)O)c2ncccc12)NC(=O)c1c(F)cc(N2CCOCC2C(F)(F)F)cc1F. The number of esters is 1. The highest BCUT2D eigenvalue weighted by molar-refractivity contribution is 6.61. The number of carbonyl (C=O) groups excluding carboxylic acids is 2. The van der Waals surface area contributed by atoms with Gasteiger partial charge in [-0.3, -0.25) is 9.78 Å². The van der Waals surface area contributed by atoms with E-state index in [4.69, 9.17) is 9.47 Å². The van der Waals surface area contributed by atoms with Crippen molar-refractivity contribution < 1.29 is 51.1 Å². The van der Waals surface area contributed by atoms with E-state index in [1.807, 2.05) is 0 Å². The number of hydrogen-bond acceptors (Lipinski definition) is 8. The molecule has 1 amide bonds. The Morgan fingerprint density at radius 3 is 2.55 bits per heavy atom. The van der Waals surface area contributed by atoms with Gasteiger partial charge in [0.1, 0.15) is 29.3 Å². The second-order valence-electron chi connectivity index (χ2n) is 8.95. The summed E-state index contributed by atoms with van der Waals surface area (Å²) in [7, 11) is -0.790. The van der Waals surface area contributed by atoms with Crippen molar-refractivity contribution in [3.05, 3.63) is 65.4 Å². The minimum absolute atomic E-state index is 0.0928. The number of hydrogen-bond donors (Lipinski definition) is 3. The molecule has 1 aromatic heterocycles. The van der Waals surface area contributed by atoms with Crippen LogP contribution in [0.25, 0.3) is 10.9 Å². The number of nitrogens with one attached hydrogen (secondary N) is 1. The Hall–Kier alpha value is -3.82. The average molecular weight is 567 g/mol. The van der Waals surface area contributed by atoms with Crippen LogP contribution in [0, 0.1) is 11.6 Å². The Balaban J connectivity index is 1.62. The van der Waals surface area contributed by atoms with Gasteiger partial charge in [-0.1, -0.05) is 18.2 Å². The summed E-state index contributed by atoms with van der Waals surface area (Å²) in [5, 5.41) is 21.9. The normalized spacial score (nSPS) is 16.5. The maximum Gasteiger partial charge on any atom is 0.490 e. The van der Waals surface area contributed by atoms with Crippen LogP contribution in [-0.2, 0) is 20.7 Å². The number of anilines is 1. The Morgan fingerprint density at radius 2 is 1.93 bits per heavy atom. The predicted octanol–water partition coefficient (Wildman–Crippen LogP) is 1.47. The van der Waals surface area contributed by atoms with Gasteiger partial charge >= 0.3 is 19.3 Å². The van der Waals surface area contributed by atoms with E-state index in [0.29, 0.717) is 23.1 Å². The number of nitrogens with zero attached hydrogens (tertiary/aromatic N) is 2. The van der Waals surface area contributed by atoms with Crippen molar-refractivity contribution >= 4 is 41.0 Å². The molecule has 40 heavy (non-hydrogen) atoms. The van der Waals surface area contributed by atoms with Gasteiger partial charge in [-0.2, -0.15) is 13.2 Å². The summed E-state index contributed by atoms with van der Waals surface area (Å²) in [4.78, 5) is 30.3. The number of ether oxygens (including phenoxy) is 2. The van der Waals surface area contributed by atoms with Gasteiger partial charge in [0.25, 0.3) is 5.91 Å². The first kappa shape index (κ1) is 29.2. The molecule has 1 aliphatic rings. The van der Waals surface area contributed by atoms with Gasteiger partial charge in [0.2, 0.25) is 0 Å². The van der Waals surface area contributed by atoms with Crippen molar-refractivity contribution in [2.45, 2.75) is 24.7 Å².